The second kappa shape index (κ2) is 7.29. The molecule has 154 valence electrons. The van der Waals surface area contributed by atoms with E-state index in [2.05, 4.69) is 6.07 Å². The summed E-state index contributed by atoms with van der Waals surface area (Å²) in [6, 6.07) is 19.3. The van der Waals surface area contributed by atoms with Gasteiger partial charge in [0, 0.05) is 16.8 Å². The normalized spacial score (nSPS) is 21.9. The van der Waals surface area contributed by atoms with E-state index in [1.807, 2.05) is 0 Å². The number of nitrogens with zero attached hydrogens (tertiary/aromatic N) is 2. The molecule has 3 aromatic carbocycles. The number of anilines is 1. The van der Waals surface area contributed by atoms with Crippen molar-refractivity contribution in [1.29, 1.82) is 5.26 Å². The lowest BCUT2D eigenvalue weighted by molar-refractivity contribution is -0.130. The van der Waals surface area contributed by atoms with E-state index in [9.17, 15) is 14.4 Å². The Morgan fingerprint density at radius 2 is 1.77 bits per heavy atom. The molecule has 2 heterocycles. The lowest BCUT2D eigenvalue weighted by atomic mass is 9.64. The molecule has 1 fully saturated rings. The molecule has 0 aliphatic carbocycles. The number of amides is 1. The lowest BCUT2D eigenvalue weighted by Gasteiger charge is -2.52. The van der Waals surface area contributed by atoms with Crippen molar-refractivity contribution in [1.82, 2.24) is 0 Å². The smallest absolute Gasteiger partial charge is 0.255 e. The Balaban J connectivity index is 1.66. The van der Waals surface area contributed by atoms with E-state index in [1.54, 1.807) is 48.5 Å². The van der Waals surface area contributed by atoms with Crippen molar-refractivity contribution >= 4 is 23.2 Å². The number of rotatable bonds is 3. The fraction of sp³-hybridized carbons (Fsp3) is 0.167. The zero-order chi connectivity index (χ0) is 21.6. The third-order valence-electron chi connectivity index (χ3n) is 5.67. The van der Waals surface area contributed by atoms with E-state index in [4.69, 9.17) is 21.1 Å². The molecule has 2 atom stereocenters. The quantitative estimate of drug-likeness (QED) is 0.555. The van der Waals surface area contributed by atoms with Gasteiger partial charge in [0.05, 0.1) is 12.1 Å². The number of carbonyl (C=O) groups is 1. The van der Waals surface area contributed by atoms with Gasteiger partial charge in [0.25, 0.3) is 5.91 Å². The van der Waals surface area contributed by atoms with Crippen LogP contribution in [0.2, 0.25) is 5.02 Å². The van der Waals surface area contributed by atoms with Crippen LogP contribution in [0.4, 0.5) is 10.1 Å². The van der Waals surface area contributed by atoms with Crippen LogP contribution in [0, 0.1) is 17.1 Å². The van der Waals surface area contributed by atoms with Gasteiger partial charge in [-0.1, -0.05) is 35.9 Å². The molecule has 31 heavy (non-hydrogen) atoms. The third kappa shape index (κ3) is 2.93. The minimum absolute atomic E-state index is 0.314. The van der Waals surface area contributed by atoms with Crippen molar-refractivity contribution in [2.75, 3.05) is 18.1 Å². The van der Waals surface area contributed by atoms with Gasteiger partial charge in [-0.2, -0.15) is 5.26 Å². The summed E-state index contributed by atoms with van der Waals surface area (Å²) in [6.45, 7) is 0.871. The highest BCUT2D eigenvalue weighted by Gasteiger charge is 2.63. The van der Waals surface area contributed by atoms with Gasteiger partial charge in [0.15, 0.2) is 16.9 Å². The second-order valence-corrected chi connectivity index (χ2v) is 7.82. The standard InChI is InChI=1S/C24H16ClFN2O3/c25-17-6-4-15(5-7-17)22-24(14-27,16-2-1-3-18(26)12-16)23(29)28(22)19-8-9-20-21(13-19)31-11-10-30-20/h1-9,12-13,22H,10-11H2/t22-,24-/m1/s1. The van der Waals surface area contributed by atoms with Crippen LogP contribution in [0.15, 0.2) is 66.7 Å². The van der Waals surface area contributed by atoms with E-state index in [0.29, 0.717) is 46.5 Å². The van der Waals surface area contributed by atoms with Gasteiger partial charge >= 0.3 is 0 Å². The average Bonchev–Trinajstić information content (AvgIpc) is 2.79. The summed E-state index contributed by atoms with van der Waals surface area (Å²) in [5, 5.41) is 10.7. The van der Waals surface area contributed by atoms with Crippen LogP contribution < -0.4 is 14.4 Å². The first-order chi connectivity index (χ1) is 15.0. The van der Waals surface area contributed by atoms with Gasteiger partial charge in [-0.15, -0.1) is 0 Å². The van der Waals surface area contributed by atoms with E-state index < -0.39 is 23.2 Å². The van der Waals surface area contributed by atoms with Crippen molar-refractivity contribution in [2.24, 2.45) is 0 Å². The molecule has 0 N–H and O–H groups in total. The lowest BCUT2D eigenvalue weighted by Crippen LogP contribution is -2.66. The van der Waals surface area contributed by atoms with Crippen molar-refractivity contribution in [3.8, 4) is 17.6 Å². The zero-order valence-corrected chi connectivity index (χ0v) is 17.0. The van der Waals surface area contributed by atoms with E-state index >= 15 is 0 Å². The van der Waals surface area contributed by atoms with Gasteiger partial charge in [-0.05, 0) is 47.5 Å². The van der Waals surface area contributed by atoms with Crippen molar-refractivity contribution < 1.29 is 18.7 Å². The molecule has 0 spiro atoms. The molecule has 2 aliphatic heterocycles. The molecular weight excluding hydrogens is 419 g/mol. The van der Waals surface area contributed by atoms with E-state index in [-0.39, 0.29) is 0 Å². The first-order valence-corrected chi connectivity index (χ1v) is 10.1. The predicted molar refractivity (Wildman–Crippen MR) is 113 cm³/mol. The van der Waals surface area contributed by atoms with Gasteiger partial charge in [-0.25, -0.2) is 4.39 Å². The highest BCUT2D eigenvalue weighted by atomic mass is 35.5. The fourth-order valence-electron chi connectivity index (χ4n) is 4.23. The fourth-order valence-corrected chi connectivity index (χ4v) is 4.36. The number of fused-ring (bicyclic) bond motifs is 1. The van der Waals surface area contributed by atoms with Crippen LogP contribution in [0.3, 0.4) is 0 Å². The number of carbonyl (C=O) groups excluding carboxylic acids is 1. The Morgan fingerprint density at radius 1 is 1.03 bits per heavy atom. The maximum absolute atomic E-state index is 14.0. The van der Waals surface area contributed by atoms with E-state index in [1.165, 1.54) is 23.1 Å². The Kier molecular flexibility index (Phi) is 4.57. The minimum Gasteiger partial charge on any atom is -0.486 e. The minimum atomic E-state index is -1.57. The number of ether oxygens (including phenoxy) is 2. The average molecular weight is 435 g/mol. The Bertz CT molecular complexity index is 1220. The largest absolute Gasteiger partial charge is 0.486 e. The monoisotopic (exact) mass is 434 g/mol. The molecule has 1 amide bonds. The van der Waals surface area contributed by atoms with Gasteiger partial charge < -0.3 is 14.4 Å². The summed E-state index contributed by atoms with van der Waals surface area (Å²) in [5.41, 5.74) is 0.0262. The topological polar surface area (TPSA) is 62.6 Å². The number of nitriles is 1. The van der Waals surface area contributed by atoms with Gasteiger partial charge in [0.1, 0.15) is 19.0 Å². The summed E-state index contributed by atoms with van der Waals surface area (Å²) in [4.78, 5) is 15.1. The number of halogens is 2. The molecule has 0 bridgehead atoms. The van der Waals surface area contributed by atoms with Gasteiger partial charge in [0.2, 0.25) is 0 Å². The molecule has 0 unspecified atom stereocenters. The maximum Gasteiger partial charge on any atom is 0.255 e. The third-order valence-corrected chi connectivity index (χ3v) is 5.92. The number of hydrogen-bond donors (Lipinski definition) is 0. The van der Waals surface area contributed by atoms with Crippen LogP contribution in [-0.2, 0) is 10.2 Å². The highest BCUT2D eigenvalue weighted by molar-refractivity contribution is 6.30. The van der Waals surface area contributed by atoms with Crippen LogP contribution in [-0.4, -0.2) is 19.1 Å². The molecule has 0 saturated carbocycles. The number of hydrogen-bond acceptors (Lipinski definition) is 4. The van der Waals surface area contributed by atoms with Crippen molar-refractivity contribution in [3.63, 3.8) is 0 Å². The number of β-lactam (4-membered cyclic amide) rings is 1. The predicted octanol–water partition coefficient (Wildman–Crippen LogP) is 4.80. The molecular formula is C24H16ClFN2O3. The summed E-state index contributed by atoms with van der Waals surface area (Å²) >= 11 is 6.06. The van der Waals surface area contributed by atoms with Crippen LogP contribution >= 0.6 is 11.6 Å². The highest BCUT2D eigenvalue weighted by Crippen LogP contribution is 2.54. The van der Waals surface area contributed by atoms with Crippen molar-refractivity contribution in [2.45, 2.75) is 11.5 Å². The van der Waals surface area contributed by atoms with Gasteiger partial charge in [-0.3, -0.25) is 4.79 Å². The second-order valence-electron chi connectivity index (χ2n) is 7.39. The summed E-state index contributed by atoms with van der Waals surface area (Å²) in [7, 11) is 0. The van der Waals surface area contributed by atoms with E-state index in [0.717, 1.165) is 0 Å². The Labute approximate surface area is 183 Å². The summed E-state index contributed by atoms with van der Waals surface area (Å²) in [6.07, 6.45) is 0. The molecule has 0 aromatic heterocycles. The zero-order valence-electron chi connectivity index (χ0n) is 16.2. The van der Waals surface area contributed by atoms with Crippen LogP contribution in [0.25, 0.3) is 0 Å². The summed E-state index contributed by atoms with van der Waals surface area (Å²) in [5.74, 6) is 0.194. The van der Waals surface area contributed by atoms with Crippen LogP contribution in [0.5, 0.6) is 11.5 Å². The molecule has 5 nitrogen and oxygen atoms in total. The first kappa shape index (κ1) is 19.4. The Hall–Kier alpha value is -3.56. The summed E-state index contributed by atoms with van der Waals surface area (Å²) < 4.78 is 25.3. The molecule has 7 heteroatoms. The molecule has 1 saturated heterocycles. The first-order valence-electron chi connectivity index (χ1n) is 9.70. The molecule has 5 rings (SSSR count). The van der Waals surface area contributed by atoms with Crippen LogP contribution in [0.1, 0.15) is 17.2 Å². The Morgan fingerprint density at radius 3 is 2.48 bits per heavy atom. The molecule has 2 aliphatic rings. The maximum atomic E-state index is 14.0. The SMILES string of the molecule is N#C[C@]1(c2cccc(F)c2)C(=O)N(c2ccc3c(c2)OCCO3)[C@@H]1c1ccc(Cl)cc1. The molecule has 3 aromatic rings. The van der Waals surface area contributed by atoms with Crippen molar-refractivity contribution in [3.05, 3.63) is 88.7 Å². The number of benzene rings is 3. The molecule has 0 radical (unpaired) electrons.